The molecule has 1 saturated heterocycles. The minimum atomic E-state index is -3.55. The molecule has 0 saturated carbocycles. The average Bonchev–Trinajstić information content (AvgIpc) is 3.18. The Hall–Kier alpha value is -2.60. The van der Waals surface area contributed by atoms with E-state index in [0.717, 1.165) is 17.6 Å². The first kappa shape index (κ1) is 20.1. The van der Waals surface area contributed by atoms with E-state index in [1.54, 1.807) is 19.9 Å². The average molecular weight is 425 g/mol. The van der Waals surface area contributed by atoms with Gasteiger partial charge in [-0.15, -0.1) is 0 Å². The molecule has 150 valence electrons. The molecule has 0 unspecified atom stereocenters. The number of carbonyl (C=O) groups excluding carboxylic acids is 2. The van der Waals surface area contributed by atoms with Gasteiger partial charge in [-0.2, -0.15) is 0 Å². The monoisotopic (exact) mass is 424 g/mol. The van der Waals surface area contributed by atoms with Crippen LogP contribution in [0, 0.1) is 6.92 Å². The first-order chi connectivity index (χ1) is 13.0. The highest BCUT2D eigenvalue weighted by atomic mass is 32.2. The van der Waals surface area contributed by atoms with Crippen molar-refractivity contribution in [3.05, 3.63) is 18.0 Å². The lowest BCUT2D eigenvalue weighted by molar-refractivity contribution is -0.126. The number of hydrogen-bond donors (Lipinski definition) is 2. The summed E-state index contributed by atoms with van der Waals surface area (Å²) in [5, 5.41) is 2.73. The number of aryl methyl sites for hydroxylation is 1. The Kier molecular flexibility index (Phi) is 5.10. The van der Waals surface area contributed by atoms with Crippen LogP contribution in [-0.4, -0.2) is 58.5 Å². The van der Waals surface area contributed by atoms with Gasteiger partial charge in [-0.3, -0.25) is 10.1 Å². The molecular weight excluding hydrogens is 404 g/mol. The number of anilines is 1. The summed E-state index contributed by atoms with van der Waals surface area (Å²) in [6.45, 7) is 3.80. The lowest BCUT2D eigenvalue weighted by atomic mass is 9.98. The summed E-state index contributed by atoms with van der Waals surface area (Å²) in [6.07, 6.45) is 3.58. The van der Waals surface area contributed by atoms with Gasteiger partial charge in [-0.1, -0.05) is 11.3 Å². The third kappa shape index (κ3) is 3.69. The highest BCUT2D eigenvalue weighted by Gasteiger charge is 2.44. The minimum Gasteiger partial charge on any atom is -0.368 e. The maximum Gasteiger partial charge on any atom is 0.324 e. The van der Waals surface area contributed by atoms with Crippen LogP contribution in [-0.2, 0) is 14.6 Å². The molecule has 0 spiro atoms. The van der Waals surface area contributed by atoms with E-state index in [9.17, 15) is 18.0 Å². The van der Waals surface area contributed by atoms with Crippen molar-refractivity contribution in [2.24, 2.45) is 5.73 Å². The number of primary amides is 1. The van der Waals surface area contributed by atoms with Gasteiger partial charge in [0.1, 0.15) is 5.54 Å². The van der Waals surface area contributed by atoms with Gasteiger partial charge in [-0.25, -0.2) is 28.2 Å². The van der Waals surface area contributed by atoms with E-state index in [1.807, 2.05) is 0 Å². The van der Waals surface area contributed by atoms with E-state index in [2.05, 4.69) is 20.3 Å². The van der Waals surface area contributed by atoms with E-state index in [-0.39, 0.29) is 5.16 Å². The third-order valence-corrected chi connectivity index (χ3v) is 6.58. The fraction of sp³-hybridized carbons (Fsp3) is 0.438. The summed E-state index contributed by atoms with van der Waals surface area (Å²) >= 11 is 1.16. The van der Waals surface area contributed by atoms with Gasteiger partial charge in [0.2, 0.25) is 20.9 Å². The summed E-state index contributed by atoms with van der Waals surface area (Å²) in [4.78, 5) is 38.6. The van der Waals surface area contributed by atoms with Gasteiger partial charge in [-0.05, 0) is 32.8 Å². The fourth-order valence-corrected chi connectivity index (χ4v) is 4.48. The number of hydrogen-bond acceptors (Lipinski definition) is 8. The SMILES string of the molecule is Cc1nc(NC(=O)N2CCC[C@@]2(C)C(N)=O)sc1-c1ccnc(S(C)(=O)=O)n1. The number of aromatic nitrogens is 3. The van der Waals surface area contributed by atoms with Crippen LogP contribution in [0.15, 0.2) is 17.4 Å². The molecule has 3 rings (SSSR count). The lowest BCUT2D eigenvalue weighted by Crippen LogP contribution is -2.55. The number of rotatable bonds is 4. The summed E-state index contributed by atoms with van der Waals surface area (Å²) in [5.74, 6) is -0.551. The van der Waals surface area contributed by atoms with Gasteiger partial charge in [0.15, 0.2) is 5.13 Å². The normalized spacial score (nSPS) is 19.6. The molecule has 10 nitrogen and oxygen atoms in total. The summed E-state index contributed by atoms with van der Waals surface area (Å²) < 4.78 is 23.4. The highest BCUT2D eigenvalue weighted by molar-refractivity contribution is 7.90. The Balaban J connectivity index is 1.85. The predicted molar refractivity (Wildman–Crippen MR) is 104 cm³/mol. The Morgan fingerprint density at radius 1 is 1.36 bits per heavy atom. The van der Waals surface area contributed by atoms with E-state index in [1.165, 1.54) is 11.1 Å². The topological polar surface area (TPSA) is 148 Å². The van der Waals surface area contributed by atoms with Crippen molar-refractivity contribution in [3.63, 3.8) is 0 Å². The molecule has 2 aromatic rings. The maximum atomic E-state index is 12.6. The number of likely N-dealkylation sites (tertiary alicyclic amines) is 1. The second-order valence-corrected chi connectivity index (χ2v) is 9.66. The number of sulfone groups is 1. The third-order valence-electron chi connectivity index (χ3n) is 4.63. The van der Waals surface area contributed by atoms with E-state index in [0.29, 0.717) is 40.8 Å². The number of nitrogens with one attached hydrogen (secondary N) is 1. The fourth-order valence-electron chi connectivity index (χ4n) is 3.04. The Labute approximate surface area is 166 Å². The molecule has 1 aliphatic rings. The van der Waals surface area contributed by atoms with Gasteiger partial charge in [0.05, 0.1) is 16.3 Å². The van der Waals surface area contributed by atoms with Crippen LogP contribution in [0.1, 0.15) is 25.5 Å². The van der Waals surface area contributed by atoms with Crippen LogP contribution in [0.5, 0.6) is 0 Å². The van der Waals surface area contributed by atoms with Crippen molar-refractivity contribution in [1.29, 1.82) is 0 Å². The molecule has 3 N–H and O–H groups in total. The van der Waals surface area contributed by atoms with Crippen molar-refractivity contribution in [1.82, 2.24) is 19.9 Å². The van der Waals surface area contributed by atoms with Crippen molar-refractivity contribution >= 4 is 38.2 Å². The van der Waals surface area contributed by atoms with Crippen molar-refractivity contribution in [2.45, 2.75) is 37.4 Å². The van der Waals surface area contributed by atoms with Crippen LogP contribution in [0.3, 0.4) is 0 Å². The van der Waals surface area contributed by atoms with E-state index >= 15 is 0 Å². The van der Waals surface area contributed by atoms with Gasteiger partial charge in [0.25, 0.3) is 0 Å². The molecule has 3 heterocycles. The van der Waals surface area contributed by atoms with Crippen LogP contribution < -0.4 is 11.1 Å². The van der Waals surface area contributed by atoms with Crippen LogP contribution in [0.2, 0.25) is 0 Å². The number of thiazole rings is 1. The number of nitrogens with zero attached hydrogens (tertiary/aromatic N) is 4. The Morgan fingerprint density at radius 3 is 2.71 bits per heavy atom. The quantitative estimate of drug-likeness (QED) is 0.700. The lowest BCUT2D eigenvalue weighted by Gasteiger charge is -2.31. The number of nitrogens with two attached hydrogens (primary N) is 1. The molecule has 2 aromatic heterocycles. The predicted octanol–water partition coefficient (Wildman–Crippen LogP) is 1.18. The standard InChI is InChI=1S/C16H20N6O4S2/c1-9-11(10-5-7-18-14(20-10)28(3,25)26)27-13(19-9)21-15(24)22-8-4-6-16(22,2)12(17)23/h5,7H,4,6,8H2,1-3H3,(H2,17,23)(H,19,21,24)/t16-/m0/s1. The van der Waals surface area contributed by atoms with Crippen LogP contribution in [0.25, 0.3) is 10.6 Å². The molecule has 1 atom stereocenters. The Morgan fingerprint density at radius 2 is 2.07 bits per heavy atom. The zero-order valence-corrected chi connectivity index (χ0v) is 17.2. The van der Waals surface area contributed by atoms with E-state index in [4.69, 9.17) is 5.73 Å². The second kappa shape index (κ2) is 7.09. The van der Waals surface area contributed by atoms with Gasteiger partial charge >= 0.3 is 6.03 Å². The maximum absolute atomic E-state index is 12.6. The molecule has 0 bridgehead atoms. The van der Waals surface area contributed by atoms with Gasteiger partial charge in [0, 0.05) is 19.0 Å². The molecule has 0 radical (unpaired) electrons. The smallest absolute Gasteiger partial charge is 0.324 e. The first-order valence-electron chi connectivity index (χ1n) is 8.42. The van der Waals surface area contributed by atoms with Crippen molar-refractivity contribution in [3.8, 4) is 10.6 Å². The Bertz CT molecular complexity index is 1050. The molecule has 1 fully saturated rings. The number of amides is 3. The minimum absolute atomic E-state index is 0.280. The van der Waals surface area contributed by atoms with Crippen LogP contribution >= 0.6 is 11.3 Å². The number of urea groups is 1. The second-order valence-electron chi connectivity index (χ2n) is 6.75. The molecular formula is C16H20N6O4S2. The zero-order chi connectivity index (χ0) is 20.7. The highest BCUT2D eigenvalue weighted by Crippen LogP contribution is 2.33. The number of carbonyl (C=O) groups is 2. The van der Waals surface area contributed by atoms with Gasteiger partial charge < -0.3 is 10.6 Å². The van der Waals surface area contributed by atoms with Crippen molar-refractivity contribution in [2.75, 3.05) is 18.1 Å². The van der Waals surface area contributed by atoms with E-state index < -0.39 is 27.3 Å². The summed E-state index contributed by atoms with van der Waals surface area (Å²) in [7, 11) is -3.55. The molecule has 0 aromatic carbocycles. The van der Waals surface area contributed by atoms with Crippen LogP contribution in [0.4, 0.5) is 9.93 Å². The zero-order valence-electron chi connectivity index (χ0n) is 15.6. The molecule has 1 aliphatic heterocycles. The van der Waals surface area contributed by atoms with Crippen molar-refractivity contribution < 1.29 is 18.0 Å². The molecule has 12 heteroatoms. The summed E-state index contributed by atoms with van der Waals surface area (Å²) in [6, 6.07) is 1.12. The largest absolute Gasteiger partial charge is 0.368 e. The molecule has 28 heavy (non-hydrogen) atoms. The first-order valence-corrected chi connectivity index (χ1v) is 11.1. The molecule has 3 amide bonds. The summed E-state index contributed by atoms with van der Waals surface area (Å²) in [5.41, 5.74) is 5.42. The molecule has 0 aliphatic carbocycles.